The lowest BCUT2D eigenvalue weighted by molar-refractivity contribution is 0.213. The molecular weight excluding hydrogens is 691 g/mol. The summed E-state index contributed by atoms with van der Waals surface area (Å²) in [5, 5.41) is 0.185. The summed E-state index contributed by atoms with van der Waals surface area (Å²) in [5.41, 5.74) is 7.62. The molecule has 0 N–H and O–H groups in total. The summed E-state index contributed by atoms with van der Waals surface area (Å²) in [4.78, 5) is 13.7. The number of benzene rings is 4. The lowest BCUT2D eigenvalue weighted by Gasteiger charge is -2.40. The number of nitrogens with zero attached hydrogens (tertiary/aromatic N) is 4. The van der Waals surface area contributed by atoms with Crippen LogP contribution < -0.4 is 0 Å². The van der Waals surface area contributed by atoms with Crippen LogP contribution in [0.5, 0.6) is 0 Å². The molecule has 276 valence electrons. The number of hydrogen-bond acceptors (Lipinski definition) is 2. The maximum atomic E-state index is 15.7. The van der Waals surface area contributed by atoms with Crippen molar-refractivity contribution in [2.24, 2.45) is 9.98 Å². The molecule has 0 saturated carbocycles. The van der Waals surface area contributed by atoms with Crippen LogP contribution in [0.2, 0.25) is 5.02 Å². The molecule has 0 radical (unpaired) electrons. The molecule has 52 heavy (non-hydrogen) atoms. The van der Waals surface area contributed by atoms with Crippen LogP contribution in [-0.4, -0.2) is 41.2 Å². The van der Waals surface area contributed by atoms with Crippen LogP contribution in [0.25, 0.3) is 0 Å². The van der Waals surface area contributed by atoms with Gasteiger partial charge in [-0.05, 0) is 91.8 Å². The minimum Gasteiger partial charge on any atom is -0.338 e. The maximum absolute atomic E-state index is 15.7. The molecule has 4 aromatic carbocycles. The summed E-state index contributed by atoms with van der Waals surface area (Å²) in [7, 11) is 0. The second kappa shape index (κ2) is 15.8. The summed E-state index contributed by atoms with van der Waals surface area (Å²) in [5.74, 6) is -9.66. The van der Waals surface area contributed by atoms with E-state index in [2.05, 4.69) is 63.9 Å². The first kappa shape index (κ1) is 39.0. The average Bonchev–Trinajstić information content (AvgIpc) is 3.09. The zero-order chi connectivity index (χ0) is 38.2. The van der Waals surface area contributed by atoms with E-state index in [1.165, 1.54) is 0 Å². The molecule has 1 aliphatic rings. The van der Waals surface area contributed by atoms with Crippen LogP contribution in [0.1, 0.15) is 103 Å². The van der Waals surface area contributed by atoms with E-state index in [-0.39, 0.29) is 35.8 Å². The van der Waals surface area contributed by atoms with Gasteiger partial charge < -0.3 is 9.80 Å². The second-order valence-corrected chi connectivity index (χ2v) is 14.7. The van der Waals surface area contributed by atoms with E-state index in [1.54, 1.807) is 24.0 Å². The molecule has 0 bridgehead atoms. The zero-order valence-electron chi connectivity index (χ0n) is 31.3. The molecule has 0 unspecified atom stereocenters. The number of aryl methyl sites for hydroxylation is 5. The normalized spacial score (nSPS) is 14.3. The standard InChI is InChI=1S/C42H46ClF5N4/c1-10-28-19-24(6)17-26(8)32(28)41(50-40-29(22(2)3)13-11-14-30(40)23(4)5)51-15-12-16-52(21-51)42(49-39-27(9)18-25(7)20-31(39)43)33-34(44)36(46)38(48)37(47)35(33)45/h11,13-14,17-20,22-23H,10,12,15-16,21H2,1-9H3. The largest absolute Gasteiger partial charge is 0.338 e. The number of halogens is 6. The summed E-state index contributed by atoms with van der Waals surface area (Å²) in [6, 6.07) is 13.9. The first-order valence-corrected chi connectivity index (χ1v) is 18.1. The lowest BCUT2D eigenvalue weighted by Crippen LogP contribution is -2.51. The Bertz CT molecular complexity index is 1990. The average molecular weight is 737 g/mol. The van der Waals surface area contributed by atoms with Gasteiger partial charge in [0.15, 0.2) is 23.3 Å². The van der Waals surface area contributed by atoms with Crippen LogP contribution in [0.15, 0.2) is 52.4 Å². The number of aliphatic imine (C=N–C) groups is 2. The molecule has 0 atom stereocenters. The fourth-order valence-corrected chi connectivity index (χ4v) is 7.44. The third-order valence-corrected chi connectivity index (χ3v) is 9.86. The predicted octanol–water partition coefficient (Wildman–Crippen LogP) is 11.9. The van der Waals surface area contributed by atoms with Crippen molar-refractivity contribution >= 4 is 34.6 Å². The van der Waals surface area contributed by atoms with Crippen molar-refractivity contribution in [1.82, 2.24) is 9.80 Å². The topological polar surface area (TPSA) is 31.2 Å². The molecule has 10 heteroatoms. The molecule has 1 heterocycles. The van der Waals surface area contributed by atoms with Crippen molar-refractivity contribution in [3.63, 3.8) is 0 Å². The Hall–Kier alpha value is -4.24. The molecule has 4 nitrogen and oxygen atoms in total. The zero-order valence-corrected chi connectivity index (χ0v) is 32.0. The summed E-state index contributed by atoms with van der Waals surface area (Å²) >= 11 is 6.62. The smallest absolute Gasteiger partial charge is 0.200 e. The molecule has 0 aromatic heterocycles. The van der Waals surface area contributed by atoms with Gasteiger partial charge in [0.05, 0.1) is 28.6 Å². The quantitative estimate of drug-likeness (QED) is 0.0622. The van der Waals surface area contributed by atoms with E-state index in [1.807, 2.05) is 31.7 Å². The van der Waals surface area contributed by atoms with Crippen molar-refractivity contribution in [3.05, 3.63) is 127 Å². The molecule has 4 aromatic rings. The van der Waals surface area contributed by atoms with Crippen molar-refractivity contribution < 1.29 is 22.0 Å². The van der Waals surface area contributed by atoms with Crippen LogP contribution in [0.3, 0.4) is 0 Å². The van der Waals surface area contributed by atoms with E-state index in [0.717, 1.165) is 51.1 Å². The van der Waals surface area contributed by atoms with E-state index in [0.29, 0.717) is 24.4 Å². The third-order valence-electron chi connectivity index (χ3n) is 9.57. The van der Waals surface area contributed by atoms with Crippen molar-refractivity contribution in [3.8, 4) is 0 Å². The summed E-state index contributed by atoms with van der Waals surface area (Å²) in [6.07, 6.45) is 1.20. The van der Waals surface area contributed by atoms with Gasteiger partial charge in [-0.25, -0.2) is 31.9 Å². The molecular formula is C42H46ClF5N4. The third kappa shape index (κ3) is 7.61. The Morgan fingerprint density at radius 2 is 1.15 bits per heavy atom. The van der Waals surface area contributed by atoms with Gasteiger partial charge in [-0.2, -0.15) is 0 Å². The number of rotatable bonds is 7. The Labute approximate surface area is 309 Å². The Balaban J connectivity index is 1.79. The van der Waals surface area contributed by atoms with Crippen molar-refractivity contribution in [1.29, 1.82) is 0 Å². The highest BCUT2D eigenvalue weighted by atomic mass is 35.5. The highest BCUT2D eigenvalue weighted by Gasteiger charge is 2.34. The van der Waals surface area contributed by atoms with Gasteiger partial charge in [0.2, 0.25) is 5.82 Å². The fourth-order valence-electron chi connectivity index (χ4n) is 7.07. The van der Waals surface area contributed by atoms with Crippen molar-refractivity contribution in [2.45, 2.75) is 87.0 Å². The van der Waals surface area contributed by atoms with Crippen molar-refractivity contribution in [2.75, 3.05) is 19.8 Å². The molecule has 1 saturated heterocycles. The highest BCUT2D eigenvalue weighted by Crippen LogP contribution is 2.38. The van der Waals surface area contributed by atoms with Gasteiger partial charge in [-0.3, -0.25) is 0 Å². The fraction of sp³-hybridized carbons (Fsp3) is 0.381. The van der Waals surface area contributed by atoms with Gasteiger partial charge >= 0.3 is 0 Å². The van der Waals surface area contributed by atoms with Gasteiger partial charge in [-0.1, -0.05) is 88.2 Å². The van der Waals surface area contributed by atoms with Gasteiger partial charge in [0.25, 0.3) is 0 Å². The van der Waals surface area contributed by atoms with Gasteiger partial charge in [0.1, 0.15) is 11.7 Å². The molecule has 0 aliphatic carbocycles. The Kier molecular flexibility index (Phi) is 11.8. The van der Waals surface area contributed by atoms with Crippen LogP contribution in [0, 0.1) is 56.8 Å². The van der Waals surface area contributed by atoms with E-state index in [4.69, 9.17) is 16.6 Å². The highest BCUT2D eigenvalue weighted by molar-refractivity contribution is 6.33. The van der Waals surface area contributed by atoms with E-state index >= 15 is 8.78 Å². The van der Waals surface area contributed by atoms with Crippen LogP contribution >= 0.6 is 11.6 Å². The number of amidine groups is 2. The SMILES string of the molecule is CCc1cc(C)cc(C)c1C(=Nc1c(C(C)C)cccc1C(C)C)N1CCCN(C(=Nc2c(C)cc(C)cc2Cl)c2c(F)c(F)c(F)c(F)c2F)C1. The summed E-state index contributed by atoms with van der Waals surface area (Å²) in [6.45, 7) is 19.0. The van der Waals surface area contributed by atoms with Crippen LogP contribution in [0.4, 0.5) is 33.3 Å². The second-order valence-electron chi connectivity index (χ2n) is 14.3. The van der Waals surface area contributed by atoms with Crippen LogP contribution in [-0.2, 0) is 6.42 Å². The first-order chi connectivity index (χ1) is 24.5. The van der Waals surface area contributed by atoms with Gasteiger partial charge in [-0.15, -0.1) is 0 Å². The molecule has 0 amide bonds. The minimum atomic E-state index is -2.23. The van der Waals surface area contributed by atoms with Gasteiger partial charge in [0, 0.05) is 18.7 Å². The Morgan fingerprint density at radius 1 is 0.673 bits per heavy atom. The molecule has 0 spiro atoms. The monoisotopic (exact) mass is 736 g/mol. The first-order valence-electron chi connectivity index (χ1n) is 17.7. The number of para-hydroxylation sites is 1. The molecule has 1 fully saturated rings. The van der Waals surface area contributed by atoms with E-state index < -0.39 is 40.5 Å². The lowest BCUT2D eigenvalue weighted by atomic mass is 9.92. The molecule has 1 aliphatic heterocycles. The number of hydrogen-bond donors (Lipinski definition) is 0. The maximum Gasteiger partial charge on any atom is 0.200 e. The Morgan fingerprint density at radius 3 is 1.67 bits per heavy atom. The predicted molar refractivity (Wildman–Crippen MR) is 202 cm³/mol. The summed E-state index contributed by atoms with van der Waals surface area (Å²) < 4.78 is 75.4. The molecule has 5 rings (SSSR count). The minimum absolute atomic E-state index is 0.00296. The van der Waals surface area contributed by atoms with E-state index in [9.17, 15) is 13.2 Å².